The Labute approximate surface area is 163 Å². The largest absolute Gasteiger partial charge is 0.490 e. The number of rotatable bonds is 9. The number of ether oxygens (including phenoxy) is 2. The lowest BCUT2D eigenvalue weighted by molar-refractivity contribution is -0.124. The molecule has 6 nitrogen and oxygen atoms in total. The standard InChI is InChI=1S/C21H35N3O3/c1-5-26-19-12-17(14-23-13-16-8-10-22-11-9-16)6-7-18(19)27-15-20(25)24-21(2,3)4/h6-7,12,16,22-23H,5,8-11,13-15H2,1-4H3,(H,24,25). The second-order valence-corrected chi connectivity index (χ2v) is 8.13. The van der Waals surface area contributed by atoms with Crippen molar-refractivity contribution in [2.24, 2.45) is 5.92 Å². The van der Waals surface area contributed by atoms with Crippen LogP contribution in [-0.4, -0.2) is 44.3 Å². The quantitative estimate of drug-likeness (QED) is 0.617. The fraction of sp³-hybridized carbons (Fsp3) is 0.667. The summed E-state index contributed by atoms with van der Waals surface area (Å²) in [4.78, 5) is 12.0. The summed E-state index contributed by atoms with van der Waals surface area (Å²) in [5, 5.41) is 9.84. The molecule has 0 aromatic heterocycles. The van der Waals surface area contributed by atoms with E-state index in [1.165, 1.54) is 12.8 Å². The third kappa shape index (κ3) is 8.18. The van der Waals surface area contributed by atoms with E-state index in [2.05, 4.69) is 16.0 Å². The number of hydrogen-bond acceptors (Lipinski definition) is 5. The van der Waals surface area contributed by atoms with E-state index in [9.17, 15) is 4.79 Å². The summed E-state index contributed by atoms with van der Waals surface area (Å²) in [5.74, 6) is 1.89. The molecule has 3 N–H and O–H groups in total. The van der Waals surface area contributed by atoms with Gasteiger partial charge in [0.1, 0.15) is 0 Å². The average molecular weight is 378 g/mol. The molecule has 1 aliphatic rings. The van der Waals surface area contributed by atoms with Gasteiger partial charge >= 0.3 is 0 Å². The van der Waals surface area contributed by atoms with E-state index in [4.69, 9.17) is 9.47 Å². The van der Waals surface area contributed by atoms with Crippen molar-refractivity contribution in [3.8, 4) is 11.5 Å². The molecule has 0 radical (unpaired) electrons. The lowest BCUT2D eigenvalue weighted by Crippen LogP contribution is -2.43. The normalized spacial score (nSPS) is 15.4. The molecule has 1 heterocycles. The highest BCUT2D eigenvalue weighted by Gasteiger charge is 2.16. The highest BCUT2D eigenvalue weighted by molar-refractivity contribution is 5.78. The fourth-order valence-corrected chi connectivity index (χ4v) is 3.15. The van der Waals surface area contributed by atoms with Gasteiger partial charge in [0.15, 0.2) is 18.1 Å². The van der Waals surface area contributed by atoms with Crippen LogP contribution in [0.5, 0.6) is 11.5 Å². The van der Waals surface area contributed by atoms with Crippen LogP contribution in [0.25, 0.3) is 0 Å². The van der Waals surface area contributed by atoms with Crippen molar-refractivity contribution < 1.29 is 14.3 Å². The van der Waals surface area contributed by atoms with Gasteiger partial charge in [0.25, 0.3) is 5.91 Å². The molecule has 0 atom stereocenters. The Kier molecular flexibility index (Phi) is 8.38. The van der Waals surface area contributed by atoms with Crippen LogP contribution in [0.1, 0.15) is 46.1 Å². The van der Waals surface area contributed by atoms with E-state index in [1.54, 1.807) is 0 Å². The number of nitrogens with one attached hydrogen (secondary N) is 3. The zero-order valence-electron chi connectivity index (χ0n) is 17.2. The number of carbonyl (C=O) groups excluding carboxylic acids is 1. The molecule has 27 heavy (non-hydrogen) atoms. The number of hydrogen-bond donors (Lipinski definition) is 3. The molecule has 0 bridgehead atoms. The van der Waals surface area contributed by atoms with Crippen molar-refractivity contribution in [3.63, 3.8) is 0 Å². The molecule has 0 saturated carbocycles. The molecule has 1 saturated heterocycles. The third-order valence-electron chi connectivity index (χ3n) is 4.40. The molecular weight excluding hydrogens is 342 g/mol. The van der Waals surface area contributed by atoms with Crippen LogP contribution in [0, 0.1) is 5.92 Å². The van der Waals surface area contributed by atoms with E-state index in [0.29, 0.717) is 18.1 Å². The van der Waals surface area contributed by atoms with Crippen LogP contribution in [0.3, 0.4) is 0 Å². The van der Waals surface area contributed by atoms with Crippen LogP contribution < -0.4 is 25.4 Å². The van der Waals surface area contributed by atoms with Crippen LogP contribution in [0.15, 0.2) is 18.2 Å². The zero-order chi connectivity index (χ0) is 19.7. The zero-order valence-corrected chi connectivity index (χ0v) is 17.2. The molecule has 0 spiro atoms. The Morgan fingerprint density at radius 2 is 1.93 bits per heavy atom. The maximum atomic E-state index is 12.0. The Bertz CT molecular complexity index is 593. The van der Waals surface area contributed by atoms with Crippen LogP contribution in [-0.2, 0) is 11.3 Å². The predicted octanol–water partition coefficient (Wildman–Crippen LogP) is 2.47. The van der Waals surface area contributed by atoms with Gasteiger partial charge < -0.3 is 25.4 Å². The van der Waals surface area contributed by atoms with E-state index in [1.807, 2.05) is 45.9 Å². The number of piperidine rings is 1. The van der Waals surface area contributed by atoms with E-state index in [0.717, 1.165) is 37.7 Å². The Morgan fingerprint density at radius 3 is 2.59 bits per heavy atom. The second kappa shape index (κ2) is 10.5. The first-order chi connectivity index (χ1) is 12.9. The summed E-state index contributed by atoms with van der Waals surface area (Å²) in [5.41, 5.74) is 0.881. The maximum Gasteiger partial charge on any atom is 0.258 e. The SMILES string of the molecule is CCOc1cc(CNCC2CCNCC2)ccc1OCC(=O)NC(C)(C)C. The molecule has 1 amide bonds. The highest BCUT2D eigenvalue weighted by atomic mass is 16.5. The van der Waals surface area contributed by atoms with E-state index >= 15 is 0 Å². The minimum atomic E-state index is -0.271. The second-order valence-electron chi connectivity index (χ2n) is 8.13. The molecule has 1 aromatic rings. The summed E-state index contributed by atoms with van der Waals surface area (Å²) in [6.45, 7) is 12.4. The predicted molar refractivity (Wildman–Crippen MR) is 108 cm³/mol. The molecular formula is C21H35N3O3. The first kappa shape index (κ1) is 21.5. The Balaban J connectivity index is 1.87. The van der Waals surface area contributed by atoms with Gasteiger partial charge in [-0.1, -0.05) is 6.07 Å². The Morgan fingerprint density at radius 1 is 1.19 bits per heavy atom. The first-order valence-electron chi connectivity index (χ1n) is 9.98. The summed E-state index contributed by atoms with van der Waals surface area (Å²) in [6.07, 6.45) is 2.47. The van der Waals surface area contributed by atoms with Crippen molar-refractivity contribution in [1.82, 2.24) is 16.0 Å². The summed E-state index contributed by atoms with van der Waals surface area (Å²) >= 11 is 0. The van der Waals surface area contributed by atoms with Gasteiger partial charge in [0.05, 0.1) is 6.61 Å². The fourth-order valence-electron chi connectivity index (χ4n) is 3.15. The van der Waals surface area contributed by atoms with Crippen molar-refractivity contribution in [2.45, 2.75) is 52.6 Å². The van der Waals surface area contributed by atoms with Crippen molar-refractivity contribution in [3.05, 3.63) is 23.8 Å². The molecule has 1 fully saturated rings. The third-order valence-corrected chi connectivity index (χ3v) is 4.40. The number of amides is 1. The van der Waals surface area contributed by atoms with Gasteiger partial charge in [0.2, 0.25) is 0 Å². The smallest absolute Gasteiger partial charge is 0.258 e. The van der Waals surface area contributed by atoms with E-state index < -0.39 is 0 Å². The molecule has 0 aliphatic carbocycles. The van der Waals surface area contributed by atoms with Gasteiger partial charge in [-0.15, -0.1) is 0 Å². The number of carbonyl (C=O) groups is 1. The molecule has 2 rings (SSSR count). The monoisotopic (exact) mass is 377 g/mol. The molecule has 1 aromatic carbocycles. The molecule has 152 valence electrons. The van der Waals surface area contributed by atoms with Crippen LogP contribution >= 0.6 is 0 Å². The van der Waals surface area contributed by atoms with Gasteiger partial charge in [-0.3, -0.25) is 4.79 Å². The minimum absolute atomic E-state index is 0.0232. The minimum Gasteiger partial charge on any atom is -0.490 e. The van der Waals surface area contributed by atoms with Crippen molar-refractivity contribution in [2.75, 3.05) is 32.8 Å². The van der Waals surface area contributed by atoms with Gasteiger partial charge in [-0.05, 0) is 83.8 Å². The maximum absolute atomic E-state index is 12.0. The van der Waals surface area contributed by atoms with Crippen LogP contribution in [0.2, 0.25) is 0 Å². The van der Waals surface area contributed by atoms with Gasteiger partial charge in [-0.25, -0.2) is 0 Å². The van der Waals surface area contributed by atoms with Crippen molar-refractivity contribution >= 4 is 5.91 Å². The molecule has 0 unspecified atom stereocenters. The van der Waals surface area contributed by atoms with Crippen molar-refractivity contribution in [1.29, 1.82) is 0 Å². The lowest BCUT2D eigenvalue weighted by atomic mass is 9.98. The summed E-state index contributed by atoms with van der Waals surface area (Å²) < 4.78 is 11.4. The molecule has 6 heteroatoms. The Hall–Kier alpha value is -1.79. The summed E-state index contributed by atoms with van der Waals surface area (Å²) in [7, 11) is 0. The van der Waals surface area contributed by atoms with Crippen LogP contribution in [0.4, 0.5) is 0 Å². The lowest BCUT2D eigenvalue weighted by Gasteiger charge is -2.23. The first-order valence-corrected chi connectivity index (χ1v) is 9.98. The van der Waals surface area contributed by atoms with Gasteiger partial charge in [0, 0.05) is 12.1 Å². The highest BCUT2D eigenvalue weighted by Crippen LogP contribution is 2.28. The topological polar surface area (TPSA) is 71.6 Å². The van der Waals surface area contributed by atoms with Gasteiger partial charge in [-0.2, -0.15) is 0 Å². The summed E-state index contributed by atoms with van der Waals surface area (Å²) in [6, 6.07) is 5.90. The number of benzene rings is 1. The van der Waals surface area contributed by atoms with E-state index in [-0.39, 0.29) is 18.1 Å². The molecule has 1 aliphatic heterocycles. The average Bonchev–Trinajstić information content (AvgIpc) is 2.61.